The molecular formula is C29H26F3N3O2S. The van der Waals surface area contributed by atoms with E-state index in [9.17, 15) is 22.8 Å². The van der Waals surface area contributed by atoms with Gasteiger partial charge < -0.3 is 9.88 Å². The zero-order chi connectivity index (χ0) is 27.4. The van der Waals surface area contributed by atoms with E-state index in [-0.39, 0.29) is 17.5 Å². The molecule has 0 radical (unpaired) electrons. The molecule has 4 aromatic rings. The van der Waals surface area contributed by atoms with E-state index >= 15 is 0 Å². The van der Waals surface area contributed by atoms with Crippen molar-refractivity contribution in [2.45, 2.75) is 39.5 Å². The van der Waals surface area contributed by atoms with Gasteiger partial charge in [-0.2, -0.15) is 18.2 Å². The van der Waals surface area contributed by atoms with Crippen LogP contribution in [0.4, 0.5) is 13.2 Å². The second kappa shape index (κ2) is 11.2. The minimum absolute atomic E-state index is 0.129. The van der Waals surface area contributed by atoms with Gasteiger partial charge >= 0.3 is 6.18 Å². The van der Waals surface area contributed by atoms with Crippen LogP contribution in [-0.2, 0) is 12.7 Å². The number of benzene rings is 3. The molecule has 38 heavy (non-hydrogen) atoms. The minimum Gasteiger partial charge on any atom is -0.346 e. The monoisotopic (exact) mass is 537 g/mol. The van der Waals surface area contributed by atoms with Crippen LogP contribution in [0.25, 0.3) is 0 Å². The Kier molecular flexibility index (Phi) is 7.97. The molecule has 0 aliphatic heterocycles. The van der Waals surface area contributed by atoms with Crippen LogP contribution in [-0.4, -0.2) is 16.4 Å². The third-order valence-corrected chi connectivity index (χ3v) is 7.32. The Morgan fingerprint density at radius 2 is 1.63 bits per heavy atom. The maximum atomic E-state index is 13.1. The molecule has 1 aromatic heterocycles. The molecule has 196 valence electrons. The van der Waals surface area contributed by atoms with E-state index in [0.717, 1.165) is 33.8 Å². The number of hydrogen-bond donors (Lipinski definition) is 1. The quantitative estimate of drug-likeness (QED) is 0.307. The summed E-state index contributed by atoms with van der Waals surface area (Å²) in [4.78, 5) is 30.9. The van der Waals surface area contributed by atoms with Gasteiger partial charge in [0.05, 0.1) is 18.2 Å². The Balaban J connectivity index is 1.53. The lowest BCUT2D eigenvalue weighted by molar-refractivity contribution is -0.137. The number of carbonyl (C=O) groups excluding carboxylic acids is 2. The number of aromatic nitrogens is 1. The van der Waals surface area contributed by atoms with E-state index in [1.807, 2.05) is 67.8 Å². The SMILES string of the molecule is Cc1sc(=NC(=O)c2cccc(C(F)(F)F)c2)n(Cc2ccc(C(=O)NC(C)c3ccccc3)cc2)c1C. The molecule has 2 amide bonds. The molecule has 3 aromatic carbocycles. The highest BCUT2D eigenvalue weighted by Crippen LogP contribution is 2.29. The summed E-state index contributed by atoms with van der Waals surface area (Å²) in [5.74, 6) is -0.934. The van der Waals surface area contributed by atoms with E-state index in [1.54, 1.807) is 12.1 Å². The fraction of sp³-hybridized carbons (Fsp3) is 0.207. The first kappa shape index (κ1) is 27.1. The first-order chi connectivity index (χ1) is 18.0. The Morgan fingerprint density at radius 3 is 2.29 bits per heavy atom. The summed E-state index contributed by atoms with van der Waals surface area (Å²) < 4.78 is 41.1. The summed E-state index contributed by atoms with van der Waals surface area (Å²) in [5.41, 5.74) is 2.27. The van der Waals surface area contributed by atoms with Gasteiger partial charge in [-0.1, -0.05) is 48.5 Å². The third kappa shape index (κ3) is 6.28. The molecule has 1 N–H and O–H groups in total. The number of nitrogens with zero attached hydrogens (tertiary/aromatic N) is 2. The van der Waals surface area contributed by atoms with Gasteiger partial charge in [-0.3, -0.25) is 9.59 Å². The van der Waals surface area contributed by atoms with Crippen molar-refractivity contribution in [2.75, 3.05) is 0 Å². The van der Waals surface area contributed by atoms with Crippen LogP contribution < -0.4 is 10.1 Å². The predicted molar refractivity (Wildman–Crippen MR) is 141 cm³/mol. The molecular weight excluding hydrogens is 511 g/mol. The van der Waals surface area contributed by atoms with Crippen molar-refractivity contribution in [2.24, 2.45) is 4.99 Å². The van der Waals surface area contributed by atoms with Gasteiger partial charge in [0.2, 0.25) is 0 Å². The van der Waals surface area contributed by atoms with Crippen LogP contribution in [0.2, 0.25) is 0 Å². The maximum Gasteiger partial charge on any atom is 0.416 e. The molecule has 0 bridgehead atoms. The number of carbonyl (C=O) groups is 2. The molecule has 9 heteroatoms. The van der Waals surface area contributed by atoms with Crippen molar-refractivity contribution in [3.63, 3.8) is 0 Å². The largest absolute Gasteiger partial charge is 0.416 e. The van der Waals surface area contributed by atoms with Gasteiger partial charge in [-0.25, -0.2) is 0 Å². The lowest BCUT2D eigenvalue weighted by Crippen LogP contribution is -2.26. The average molecular weight is 538 g/mol. The number of nitrogens with one attached hydrogen (secondary N) is 1. The lowest BCUT2D eigenvalue weighted by atomic mass is 10.1. The fourth-order valence-electron chi connectivity index (χ4n) is 3.90. The lowest BCUT2D eigenvalue weighted by Gasteiger charge is -2.14. The van der Waals surface area contributed by atoms with Gasteiger partial charge in [0.1, 0.15) is 0 Å². The Labute approximate surface area is 222 Å². The van der Waals surface area contributed by atoms with Crippen molar-refractivity contribution in [1.29, 1.82) is 0 Å². The van der Waals surface area contributed by atoms with Crippen LogP contribution in [0.3, 0.4) is 0 Å². The fourth-order valence-corrected chi connectivity index (χ4v) is 4.87. The summed E-state index contributed by atoms with van der Waals surface area (Å²) in [6.07, 6.45) is -4.55. The van der Waals surface area contributed by atoms with Gasteiger partial charge in [0.25, 0.3) is 11.8 Å². The average Bonchev–Trinajstić information content (AvgIpc) is 3.16. The van der Waals surface area contributed by atoms with E-state index < -0.39 is 17.6 Å². The van der Waals surface area contributed by atoms with Gasteiger partial charge in [-0.15, -0.1) is 11.3 Å². The number of hydrogen-bond acceptors (Lipinski definition) is 3. The number of aryl methyl sites for hydroxylation is 1. The van der Waals surface area contributed by atoms with E-state index in [2.05, 4.69) is 10.3 Å². The normalized spacial score (nSPS) is 12.8. The number of thiazole rings is 1. The molecule has 1 atom stereocenters. The number of amides is 2. The van der Waals surface area contributed by atoms with E-state index in [0.29, 0.717) is 16.9 Å². The Morgan fingerprint density at radius 1 is 0.947 bits per heavy atom. The van der Waals surface area contributed by atoms with E-state index in [1.165, 1.54) is 23.5 Å². The molecule has 0 saturated carbocycles. The van der Waals surface area contributed by atoms with Crippen molar-refractivity contribution < 1.29 is 22.8 Å². The molecule has 0 saturated heterocycles. The summed E-state index contributed by atoms with van der Waals surface area (Å²) >= 11 is 1.29. The summed E-state index contributed by atoms with van der Waals surface area (Å²) in [6, 6.07) is 20.9. The molecule has 0 aliphatic rings. The summed E-state index contributed by atoms with van der Waals surface area (Å²) in [6.45, 7) is 6.09. The zero-order valence-electron chi connectivity index (χ0n) is 21.0. The van der Waals surface area contributed by atoms with Crippen molar-refractivity contribution in [3.05, 3.63) is 122 Å². The van der Waals surface area contributed by atoms with Crippen LogP contribution in [0, 0.1) is 13.8 Å². The highest BCUT2D eigenvalue weighted by Gasteiger charge is 2.30. The highest BCUT2D eigenvalue weighted by molar-refractivity contribution is 7.09. The maximum absolute atomic E-state index is 13.1. The topological polar surface area (TPSA) is 63.5 Å². The molecule has 1 heterocycles. The number of alkyl halides is 3. The second-order valence-electron chi connectivity index (χ2n) is 8.91. The van der Waals surface area contributed by atoms with Crippen molar-refractivity contribution in [1.82, 2.24) is 9.88 Å². The first-order valence-corrected chi connectivity index (χ1v) is 12.7. The predicted octanol–water partition coefficient (Wildman–Crippen LogP) is 6.47. The smallest absolute Gasteiger partial charge is 0.346 e. The molecule has 0 aliphatic carbocycles. The van der Waals surface area contributed by atoms with Crippen LogP contribution in [0.1, 0.15) is 60.9 Å². The summed E-state index contributed by atoms with van der Waals surface area (Å²) in [5, 5.41) is 2.99. The Bertz CT molecular complexity index is 1520. The zero-order valence-corrected chi connectivity index (χ0v) is 21.9. The van der Waals surface area contributed by atoms with Gasteiger partial charge in [-0.05, 0) is 62.2 Å². The van der Waals surface area contributed by atoms with E-state index in [4.69, 9.17) is 0 Å². The first-order valence-electron chi connectivity index (χ1n) is 11.9. The molecule has 4 rings (SSSR count). The van der Waals surface area contributed by atoms with Gasteiger partial charge in [0, 0.05) is 21.7 Å². The Hall–Kier alpha value is -3.98. The molecule has 1 unspecified atom stereocenters. The highest BCUT2D eigenvalue weighted by atomic mass is 32.1. The van der Waals surface area contributed by atoms with Crippen molar-refractivity contribution >= 4 is 23.2 Å². The molecule has 5 nitrogen and oxygen atoms in total. The third-order valence-electron chi connectivity index (χ3n) is 6.23. The standard InChI is InChI=1S/C29H26F3N3O2S/c1-18(22-8-5-4-6-9-22)33-26(36)23-14-12-21(13-15-23)17-35-19(2)20(3)38-28(35)34-27(37)24-10-7-11-25(16-24)29(30,31)32/h4-16,18H,17H2,1-3H3,(H,33,36). The second-order valence-corrected chi connectivity index (χ2v) is 10.1. The van der Waals surface area contributed by atoms with Gasteiger partial charge in [0.15, 0.2) is 4.80 Å². The van der Waals surface area contributed by atoms with Crippen LogP contribution in [0.15, 0.2) is 83.9 Å². The number of rotatable bonds is 6. The molecule has 0 spiro atoms. The van der Waals surface area contributed by atoms with Crippen LogP contribution in [0.5, 0.6) is 0 Å². The minimum atomic E-state index is -4.55. The number of halogens is 3. The van der Waals surface area contributed by atoms with Crippen LogP contribution >= 0.6 is 11.3 Å². The molecule has 0 fully saturated rings. The summed E-state index contributed by atoms with van der Waals surface area (Å²) in [7, 11) is 0. The van der Waals surface area contributed by atoms with Crippen molar-refractivity contribution in [3.8, 4) is 0 Å².